The first-order chi connectivity index (χ1) is 3.68. The standard InChI is InChI=1S/C3H3N2O2P/c4-2-1-3(5)8(6)7/h1,4-5H. The Morgan fingerprint density at radius 1 is 1.88 bits per heavy atom. The van der Waals surface area contributed by atoms with E-state index < -0.39 is 13.5 Å². The molecular formula is C3H3N2O2P. The van der Waals surface area contributed by atoms with Crippen molar-refractivity contribution in [1.29, 1.82) is 10.8 Å². The van der Waals surface area contributed by atoms with Gasteiger partial charge in [-0.05, 0) is 5.87 Å². The van der Waals surface area contributed by atoms with Gasteiger partial charge < -0.3 is 4.89 Å². The van der Waals surface area contributed by atoms with Crippen LogP contribution in [0.4, 0.5) is 0 Å². The summed E-state index contributed by atoms with van der Waals surface area (Å²) in [4.78, 5) is 9.75. The van der Waals surface area contributed by atoms with Crippen LogP contribution in [0.1, 0.15) is 0 Å². The number of rotatable bonds is 2. The van der Waals surface area contributed by atoms with E-state index in [1.807, 2.05) is 0 Å². The Labute approximate surface area is 46.7 Å². The first-order valence-corrected chi connectivity index (χ1v) is 2.84. The van der Waals surface area contributed by atoms with Crippen molar-refractivity contribution in [3.8, 4) is 0 Å². The highest BCUT2D eigenvalue weighted by molar-refractivity contribution is 7.58. The molecule has 0 aromatic carbocycles. The maximum Gasteiger partial charge on any atom is 0.369 e. The minimum atomic E-state index is -2.82. The Hall–Kier alpha value is -0.820. The van der Waals surface area contributed by atoms with Gasteiger partial charge in [-0.25, -0.2) is 0 Å². The number of hydrogen-bond acceptors (Lipinski definition) is 4. The topological polar surface area (TPSA) is 87.8 Å². The van der Waals surface area contributed by atoms with Crippen LogP contribution >= 0.6 is 8.03 Å². The molecule has 2 N–H and O–H groups in total. The highest BCUT2D eigenvalue weighted by Crippen LogP contribution is 2.07. The average molecular weight is 130 g/mol. The molecule has 0 bridgehead atoms. The summed E-state index contributed by atoms with van der Waals surface area (Å²) >= 11 is 0. The highest BCUT2D eigenvalue weighted by Gasteiger charge is 2.04. The number of allylic oxidation sites excluding steroid dienone is 1. The van der Waals surface area contributed by atoms with Crippen LogP contribution in [0.5, 0.6) is 0 Å². The molecule has 0 aliphatic carbocycles. The smallest absolute Gasteiger partial charge is 0.369 e. The molecule has 0 radical (unpaired) electrons. The van der Waals surface area contributed by atoms with Gasteiger partial charge in [0.1, 0.15) is 0 Å². The van der Waals surface area contributed by atoms with Gasteiger partial charge in [-0.1, -0.05) is 4.57 Å². The molecule has 0 aliphatic rings. The van der Waals surface area contributed by atoms with Crippen LogP contribution in [-0.2, 0) is 4.57 Å². The van der Waals surface area contributed by atoms with Crippen LogP contribution in [0, 0.1) is 10.8 Å². The molecule has 4 nitrogen and oxygen atoms in total. The normalized spacial score (nSPS) is 9.38. The van der Waals surface area contributed by atoms with E-state index in [9.17, 15) is 9.46 Å². The molecule has 0 saturated heterocycles. The summed E-state index contributed by atoms with van der Waals surface area (Å²) in [6.07, 6.45) is 0.770. The Morgan fingerprint density at radius 2 is 2.38 bits per heavy atom. The summed E-state index contributed by atoms with van der Waals surface area (Å²) in [6.45, 7) is 0. The molecule has 0 amide bonds. The minimum absolute atomic E-state index is 0.588. The van der Waals surface area contributed by atoms with Gasteiger partial charge in [0.05, 0.1) is 6.08 Å². The maximum atomic E-state index is 9.75. The minimum Gasteiger partial charge on any atom is -0.589 e. The van der Waals surface area contributed by atoms with Crippen LogP contribution in [0.2, 0.25) is 0 Å². The van der Waals surface area contributed by atoms with Crippen molar-refractivity contribution >= 4 is 19.4 Å². The largest absolute Gasteiger partial charge is 0.589 e. The summed E-state index contributed by atoms with van der Waals surface area (Å²) in [7, 11) is -2.82. The molecule has 0 rings (SSSR count). The summed E-state index contributed by atoms with van der Waals surface area (Å²) in [5.74, 6) is 1.67. The van der Waals surface area contributed by atoms with E-state index in [2.05, 4.69) is 0 Å². The van der Waals surface area contributed by atoms with Crippen LogP contribution in [0.25, 0.3) is 0 Å². The lowest BCUT2D eigenvalue weighted by atomic mass is 10.7. The first kappa shape index (κ1) is 7.18. The van der Waals surface area contributed by atoms with E-state index in [0.717, 1.165) is 6.08 Å². The van der Waals surface area contributed by atoms with Gasteiger partial charge in [-0.15, -0.1) is 0 Å². The van der Waals surface area contributed by atoms with E-state index in [0.29, 0.717) is 0 Å². The maximum absolute atomic E-state index is 9.75. The van der Waals surface area contributed by atoms with Crippen LogP contribution in [-0.4, -0.2) is 11.3 Å². The monoisotopic (exact) mass is 130 g/mol. The van der Waals surface area contributed by atoms with Crippen molar-refractivity contribution in [2.45, 2.75) is 0 Å². The van der Waals surface area contributed by atoms with E-state index in [1.165, 1.54) is 0 Å². The van der Waals surface area contributed by atoms with Gasteiger partial charge in [-0.2, -0.15) is 0 Å². The second kappa shape index (κ2) is 3.22. The summed E-state index contributed by atoms with van der Waals surface area (Å²) in [5.41, 5.74) is -0.588. The lowest BCUT2D eigenvalue weighted by molar-refractivity contribution is -0.159. The van der Waals surface area contributed by atoms with Crippen molar-refractivity contribution in [3.05, 3.63) is 6.08 Å². The van der Waals surface area contributed by atoms with Gasteiger partial charge in [0.25, 0.3) is 5.45 Å². The molecule has 42 valence electrons. The predicted octanol–water partition coefficient (Wildman–Crippen LogP) is -0.129. The summed E-state index contributed by atoms with van der Waals surface area (Å²) in [5, 5.41) is 12.7. The Bertz CT molecular complexity index is 166. The van der Waals surface area contributed by atoms with Crippen LogP contribution in [0.3, 0.4) is 0 Å². The Kier molecular flexibility index (Phi) is 2.89. The third-order valence-corrected chi connectivity index (χ3v) is 0.928. The van der Waals surface area contributed by atoms with Crippen molar-refractivity contribution in [3.63, 3.8) is 0 Å². The molecule has 0 fully saturated rings. The van der Waals surface area contributed by atoms with Gasteiger partial charge in [0.15, 0.2) is 0 Å². The summed E-state index contributed by atoms with van der Waals surface area (Å²) in [6, 6.07) is 0. The molecule has 0 saturated carbocycles. The zero-order chi connectivity index (χ0) is 6.57. The van der Waals surface area contributed by atoms with Gasteiger partial charge in [-0.3, -0.25) is 10.8 Å². The fourth-order valence-electron chi connectivity index (χ4n) is 0.121. The lowest BCUT2D eigenvalue weighted by Crippen LogP contribution is -1.94. The fraction of sp³-hybridized carbons (Fsp3) is 0. The van der Waals surface area contributed by atoms with Crippen molar-refractivity contribution in [2.24, 2.45) is 0 Å². The molecule has 0 heterocycles. The van der Waals surface area contributed by atoms with Gasteiger partial charge >= 0.3 is 8.03 Å². The summed E-state index contributed by atoms with van der Waals surface area (Å²) < 4.78 is 9.75. The molecule has 0 aliphatic heterocycles. The van der Waals surface area contributed by atoms with E-state index in [4.69, 9.17) is 10.8 Å². The second-order valence-electron chi connectivity index (χ2n) is 0.931. The van der Waals surface area contributed by atoms with Crippen LogP contribution in [0.15, 0.2) is 6.08 Å². The molecular weight excluding hydrogens is 127 g/mol. The van der Waals surface area contributed by atoms with Crippen molar-refractivity contribution < 1.29 is 9.46 Å². The predicted molar refractivity (Wildman–Crippen MR) is 27.6 cm³/mol. The first-order valence-electron chi connectivity index (χ1n) is 1.67. The third kappa shape index (κ3) is 2.37. The SMILES string of the molecule is N=C=CC(=N)[P+](=O)[O-]. The highest BCUT2D eigenvalue weighted by atomic mass is 31.1. The Balaban J connectivity index is 4.05. The van der Waals surface area contributed by atoms with Crippen molar-refractivity contribution in [1.82, 2.24) is 0 Å². The van der Waals surface area contributed by atoms with E-state index in [1.54, 1.807) is 5.87 Å². The molecule has 0 aromatic rings. The number of hydrogen-bond donors (Lipinski definition) is 2. The molecule has 1 atom stereocenters. The van der Waals surface area contributed by atoms with Gasteiger partial charge in [0, 0.05) is 0 Å². The number of nitrogens with one attached hydrogen (secondary N) is 2. The van der Waals surface area contributed by atoms with Crippen molar-refractivity contribution in [2.75, 3.05) is 0 Å². The fourth-order valence-corrected chi connectivity index (χ4v) is 0.291. The lowest BCUT2D eigenvalue weighted by Gasteiger charge is -1.76. The van der Waals surface area contributed by atoms with Crippen LogP contribution < -0.4 is 4.89 Å². The molecule has 0 aromatic heterocycles. The van der Waals surface area contributed by atoms with E-state index in [-0.39, 0.29) is 0 Å². The third-order valence-electron chi connectivity index (χ3n) is 0.406. The molecule has 5 heteroatoms. The molecule has 8 heavy (non-hydrogen) atoms. The quantitative estimate of drug-likeness (QED) is 0.402. The Morgan fingerprint density at radius 3 is 2.50 bits per heavy atom. The average Bonchev–Trinajstić information content (AvgIpc) is 1.67. The van der Waals surface area contributed by atoms with Gasteiger partial charge in [0.2, 0.25) is 0 Å². The second-order valence-corrected chi connectivity index (χ2v) is 1.93. The van der Waals surface area contributed by atoms with E-state index >= 15 is 0 Å². The molecule has 1 unspecified atom stereocenters. The zero-order valence-corrected chi connectivity index (χ0v) is 4.74. The zero-order valence-electron chi connectivity index (χ0n) is 3.84. The molecule has 0 spiro atoms.